The van der Waals surface area contributed by atoms with Crippen molar-refractivity contribution >= 4 is 0 Å². The first kappa shape index (κ1) is 20.9. The highest BCUT2D eigenvalue weighted by atomic mass is 14.9. The molecule has 1 fully saturated rings. The van der Waals surface area contributed by atoms with Gasteiger partial charge in [-0.3, -0.25) is 0 Å². The van der Waals surface area contributed by atoms with E-state index in [0.29, 0.717) is 0 Å². The molecule has 2 rings (SSSR count). The molecule has 1 heterocycles. The van der Waals surface area contributed by atoms with Crippen LogP contribution in [0.1, 0.15) is 109 Å². The first-order valence-electron chi connectivity index (χ1n) is 11.0. The molecule has 3 nitrogen and oxygen atoms in total. The molecule has 0 atom stereocenters. The van der Waals surface area contributed by atoms with E-state index in [0.717, 1.165) is 43.8 Å². The van der Waals surface area contributed by atoms with Crippen LogP contribution in [0, 0.1) is 17.2 Å². The number of rotatable bonds is 11. The van der Waals surface area contributed by atoms with Crippen LogP contribution in [0.2, 0.25) is 0 Å². The summed E-state index contributed by atoms with van der Waals surface area (Å²) >= 11 is 0. The molecule has 0 aliphatic heterocycles. The summed E-state index contributed by atoms with van der Waals surface area (Å²) in [5.41, 5.74) is 0.771. The van der Waals surface area contributed by atoms with Crippen LogP contribution in [0.25, 0.3) is 0 Å². The van der Waals surface area contributed by atoms with Gasteiger partial charge in [-0.05, 0) is 50.0 Å². The summed E-state index contributed by atoms with van der Waals surface area (Å²) in [5, 5.41) is 9.86. The number of aryl methyl sites for hydroxylation is 1. The highest BCUT2D eigenvalue weighted by molar-refractivity contribution is 5.22. The standard InChI is InChI=1S/C23H37N3/c1-3-5-7-8-10-12-21-17-25-22(26-18-21)23(19-24)15-13-20(14-16-23)11-9-6-4-2/h17-18,20H,3-16H2,1-2H3. The molecule has 0 saturated heterocycles. The van der Waals surface area contributed by atoms with Crippen molar-refractivity contribution in [1.29, 1.82) is 5.26 Å². The van der Waals surface area contributed by atoms with Gasteiger partial charge >= 0.3 is 0 Å². The quantitative estimate of drug-likeness (QED) is 0.424. The van der Waals surface area contributed by atoms with E-state index in [4.69, 9.17) is 0 Å². The van der Waals surface area contributed by atoms with Gasteiger partial charge < -0.3 is 0 Å². The molecule has 0 unspecified atom stereocenters. The number of aromatic nitrogens is 2. The van der Waals surface area contributed by atoms with Crippen LogP contribution in [0.15, 0.2) is 12.4 Å². The van der Waals surface area contributed by atoms with Crippen molar-refractivity contribution in [3.05, 3.63) is 23.8 Å². The van der Waals surface area contributed by atoms with E-state index in [9.17, 15) is 5.26 Å². The number of nitrogens with zero attached hydrogens (tertiary/aromatic N) is 3. The van der Waals surface area contributed by atoms with E-state index in [-0.39, 0.29) is 0 Å². The SMILES string of the molecule is CCCCCCCc1cnc(C2(C#N)CCC(CCCCC)CC2)nc1. The van der Waals surface area contributed by atoms with E-state index >= 15 is 0 Å². The second-order valence-corrected chi connectivity index (χ2v) is 8.21. The fraction of sp³-hybridized carbons (Fsp3) is 0.783. The topological polar surface area (TPSA) is 49.6 Å². The van der Waals surface area contributed by atoms with E-state index in [1.54, 1.807) is 0 Å². The molecule has 144 valence electrons. The Kier molecular flexibility index (Phi) is 9.09. The van der Waals surface area contributed by atoms with Gasteiger partial charge in [0.15, 0.2) is 0 Å². The fourth-order valence-electron chi connectivity index (χ4n) is 4.19. The normalized spacial score (nSPS) is 22.9. The molecule has 1 aliphatic rings. The predicted molar refractivity (Wildman–Crippen MR) is 108 cm³/mol. The summed E-state index contributed by atoms with van der Waals surface area (Å²) in [6.07, 6.45) is 20.9. The van der Waals surface area contributed by atoms with Gasteiger partial charge in [0.1, 0.15) is 11.2 Å². The second kappa shape index (κ2) is 11.3. The lowest BCUT2D eigenvalue weighted by atomic mass is 9.69. The third kappa shape index (κ3) is 6.08. The minimum atomic E-state index is -0.444. The number of nitriles is 1. The van der Waals surface area contributed by atoms with Gasteiger partial charge in [0, 0.05) is 12.4 Å². The minimum Gasteiger partial charge on any atom is -0.239 e. The molecule has 0 amide bonds. The Morgan fingerprint density at radius 1 is 0.962 bits per heavy atom. The van der Waals surface area contributed by atoms with Crippen molar-refractivity contribution in [2.45, 2.75) is 109 Å². The average molecular weight is 356 g/mol. The molecule has 0 aromatic carbocycles. The van der Waals surface area contributed by atoms with Gasteiger partial charge in [0.2, 0.25) is 0 Å². The Labute approximate surface area is 160 Å². The van der Waals surface area contributed by atoms with Crippen molar-refractivity contribution in [2.75, 3.05) is 0 Å². The summed E-state index contributed by atoms with van der Waals surface area (Å²) in [4.78, 5) is 9.25. The van der Waals surface area contributed by atoms with Crippen LogP contribution < -0.4 is 0 Å². The summed E-state index contributed by atoms with van der Waals surface area (Å²) in [5.74, 6) is 1.56. The van der Waals surface area contributed by atoms with E-state index in [1.165, 1.54) is 63.4 Å². The summed E-state index contributed by atoms with van der Waals surface area (Å²) in [6, 6.07) is 2.58. The molecule has 3 heteroatoms. The highest BCUT2D eigenvalue weighted by Gasteiger charge is 2.39. The van der Waals surface area contributed by atoms with Gasteiger partial charge in [-0.1, -0.05) is 65.2 Å². The van der Waals surface area contributed by atoms with Crippen molar-refractivity contribution in [3.63, 3.8) is 0 Å². The number of hydrogen-bond donors (Lipinski definition) is 0. The van der Waals surface area contributed by atoms with Gasteiger partial charge in [-0.2, -0.15) is 5.26 Å². The number of hydrogen-bond acceptors (Lipinski definition) is 3. The summed E-state index contributed by atoms with van der Waals surface area (Å²) in [7, 11) is 0. The third-order valence-electron chi connectivity index (χ3n) is 6.09. The van der Waals surface area contributed by atoms with Gasteiger partial charge in [0.25, 0.3) is 0 Å². The molecule has 0 bridgehead atoms. The lowest BCUT2D eigenvalue weighted by molar-refractivity contribution is 0.254. The molecule has 1 saturated carbocycles. The maximum absolute atomic E-state index is 9.86. The molecular formula is C23H37N3. The Bertz CT molecular complexity index is 536. The average Bonchev–Trinajstić information content (AvgIpc) is 2.69. The first-order chi connectivity index (χ1) is 12.7. The van der Waals surface area contributed by atoms with Crippen LogP contribution in [-0.4, -0.2) is 9.97 Å². The lowest BCUT2D eigenvalue weighted by Crippen LogP contribution is -2.32. The lowest BCUT2D eigenvalue weighted by Gasteiger charge is -2.33. The Morgan fingerprint density at radius 2 is 1.58 bits per heavy atom. The minimum absolute atomic E-state index is 0.444. The van der Waals surface area contributed by atoms with Gasteiger partial charge in [-0.25, -0.2) is 9.97 Å². The summed E-state index contributed by atoms with van der Waals surface area (Å²) < 4.78 is 0. The fourth-order valence-corrected chi connectivity index (χ4v) is 4.19. The van der Waals surface area contributed by atoms with Crippen molar-refractivity contribution in [1.82, 2.24) is 9.97 Å². The zero-order valence-electron chi connectivity index (χ0n) is 17.0. The largest absolute Gasteiger partial charge is 0.239 e. The summed E-state index contributed by atoms with van der Waals surface area (Å²) in [6.45, 7) is 4.50. The maximum Gasteiger partial charge on any atom is 0.148 e. The third-order valence-corrected chi connectivity index (χ3v) is 6.09. The van der Waals surface area contributed by atoms with Crippen molar-refractivity contribution in [2.24, 2.45) is 5.92 Å². The van der Waals surface area contributed by atoms with E-state index in [1.807, 2.05) is 12.4 Å². The Balaban J connectivity index is 1.85. The van der Waals surface area contributed by atoms with Crippen molar-refractivity contribution in [3.8, 4) is 6.07 Å². The van der Waals surface area contributed by atoms with Crippen LogP contribution in [0.5, 0.6) is 0 Å². The monoisotopic (exact) mass is 355 g/mol. The Morgan fingerprint density at radius 3 is 2.19 bits per heavy atom. The zero-order valence-corrected chi connectivity index (χ0v) is 17.0. The van der Waals surface area contributed by atoms with Crippen LogP contribution in [0.3, 0.4) is 0 Å². The van der Waals surface area contributed by atoms with Gasteiger partial charge in [0.05, 0.1) is 6.07 Å². The predicted octanol–water partition coefficient (Wildman–Crippen LogP) is 6.52. The molecule has 0 radical (unpaired) electrons. The molecular weight excluding hydrogens is 318 g/mol. The molecule has 0 N–H and O–H groups in total. The van der Waals surface area contributed by atoms with Gasteiger partial charge in [-0.15, -0.1) is 0 Å². The second-order valence-electron chi connectivity index (χ2n) is 8.21. The molecule has 1 aliphatic carbocycles. The van der Waals surface area contributed by atoms with Crippen LogP contribution >= 0.6 is 0 Å². The molecule has 1 aromatic heterocycles. The van der Waals surface area contributed by atoms with Crippen LogP contribution in [-0.2, 0) is 11.8 Å². The first-order valence-corrected chi connectivity index (χ1v) is 11.0. The molecule has 0 spiro atoms. The zero-order chi connectivity index (χ0) is 18.7. The highest BCUT2D eigenvalue weighted by Crippen LogP contribution is 2.41. The maximum atomic E-state index is 9.86. The number of unbranched alkanes of at least 4 members (excludes halogenated alkanes) is 6. The Hall–Kier alpha value is -1.43. The molecule has 1 aromatic rings. The van der Waals surface area contributed by atoms with Crippen LogP contribution in [0.4, 0.5) is 0 Å². The van der Waals surface area contributed by atoms with E-state index in [2.05, 4.69) is 29.9 Å². The van der Waals surface area contributed by atoms with Crippen molar-refractivity contribution < 1.29 is 0 Å². The molecule has 26 heavy (non-hydrogen) atoms. The van der Waals surface area contributed by atoms with E-state index < -0.39 is 5.41 Å². The smallest absolute Gasteiger partial charge is 0.148 e.